The molecule has 0 amide bonds. The van der Waals surface area contributed by atoms with E-state index in [9.17, 15) is 0 Å². The van der Waals surface area contributed by atoms with Crippen LogP contribution in [0.25, 0.3) is 0 Å². The first-order chi connectivity index (χ1) is 11.8. The SMILES string of the molecule is CSc1nnc(COc2ccccc2)n1/N=C\c1cccc(Cl)c1. The highest BCUT2D eigenvalue weighted by Gasteiger charge is 2.11. The number of thioether (sulfide) groups is 1. The van der Waals surface area contributed by atoms with Crippen LogP contribution in [0.3, 0.4) is 0 Å². The molecule has 0 fully saturated rings. The average Bonchev–Trinajstić information content (AvgIpc) is 3.01. The number of hydrogen-bond acceptors (Lipinski definition) is 5. The maximum absolute atomic E-state index is 6.00. The Morgan fingerprint density at radius 1 is 1.17 bits per heavy atom. The number of hydrogen-bond donors (Lipinski definition) is 0. The van der Waals surface area contributed by atoms with Crippen LogP contribution in [0.1, 0.15) is 11.4 Å². The summed E-state index contributed by atoms with van der Waals surface area (Å²) in [5, 5.41) is 14.1. The molecule has 3 rings (SSSR count). The van der Waals surface area contributed by atoms with E-state index in [0.717, 1.165) is 11.3 Å². The maximum atomic E-state index is 6.00. The lowest BCUT2D eigenvalue weighted by Gasteiger charge is -2.06. The Morgan fingerprint density at radius 2 is 2.00 bits per heavy atom. The van der Waals surface area contributed by atoms with Gasteiger partial charge in [0.2, 0.25) is 5.16 Å². The van der Waals surface area contributed by atoms with Crippen molar-refractivity contribution in [1.29, 1.82) is 0 Å². The number of rotatable bonds is 6. The van der Waals surface area contributed by atoms with Crippen molar-refractivity contribution < 1.29 is 4.74 Å². The zero-order chi connectivity index (χ0) is 16.8. The van der Waals surface area contributed by atoms with Gasteiger partial charge in [0.1, 0.15) is 12.4 Å². The second kappa shape index (κ2) is 7.99. The van der Waals surface area contributed by atoms with Gasteiger partial charge in [-0.05, 0) is 36.1 Å². The van der Waals surface area contributed by atoms with Gasteiger partial charge in [0.15, 0.2) is 5.82 Å². The molecule has 0 aliphatic rings. The fourth-order valence-electron chi connectivity index (χ4n) is 2.00. The number of benzene rings is 2. The highest BCUT2D eigenvalue weighted by atomic mass is 35.5. The van der Waals surface area contributed by atoms with Gasteiger partial charge in [0.05, 0.1) is 6.21 Å². The second-order valence-corrected chi connectivity index (χ2v) is 6.03. The largest absolute Gasteiger partial charge is 0.486 e. The Morgan fingerprint density at radius 3 is 2.75 bits per heavy atom. The van der Waals surface area contributed by atoms with Gasteiger partial charge in [-0.1, -0.05) is 53.7 Å². The Hall–Kier alpha value is -2.31. The minimum absolute atomic E-state index is 0.282. The van der Waals surface area contributed by atoms with Gasteiger partial charge in [0.25, 0.3) is 0 Å². The standard InChI is InChI=1S/C17H15ClN4OS/c1-24-17-21-20-16(12-23-15-8-3-2-4-9-15)22(17)19-11-13-6-5-7-14(18)10-13/h2-11H,12H2,1H3/b19-11-. The molecule has 122 valence electrons. The van der Waals surface area contributed by atoms with Crippen LogP contribution in [0.4, 0.5) is 0 Å². The molecule has 1 heterocycles. The van der Waals surface area contributed by atoms with E-state index < -0.39 is 0 Å². The average molecular weight is 359 g/mol. The Labute approximate surface area is 149 Å². The van der Waals surface area contributed by atoms with Crippen LogP contribution < -0.4 is 4.74 Å². The van der Waals surface area contributed by atoms with Gasteiger partial charge in [-0.15, -0.1) is 10.2 Å². The molecule has 0 spiro atoms. The number of halogens is 1. The molecule has 0 saturated carbocycles. The smallest absolute Gasteiger partial charge is 0.211 e. The first-order valence-electron chi connectivity index (χ1n) is 7.22. The van der Waals surface area contributed by atoms with Gasteiger partial charge in [-0.2, -0.15) is 9.78 Å². The molecule has 0 unspecified atom stereocenters. The van der Waals surface area contributed by atoms with Crippen molar-refractivity contribution in [2.45, 2.75) is 11.8 Å². The van der Waals surface area contributed by atoms with Gasteiger partial charge >= 0.3 is 0 Å². The van der Waals surface area contributed by atoms with E-state index in [0.29, 0.717) is 16.0 Å². The first-order valence-corrected chi connectivity index (χ1v) is 8.82. The molecule has 7 heteroatoms. The highest BCUT2D eigenvalue weighted by molar-refractivity contribution is 7.98. The predicted octanol–water partition coefficient (Wildman–Crippen LogP) is 4.11. The summed E-state index contributed by atoms with van der Waals surface area (Å²) in [5.41, 5.74) is 0.901. The number of para-hydroxylation sites is 1. The minimum Gasteiger partial charge on any atom is -0.486 e. The van der Waals surface area contributed by atoms with Crippen LogP contribution in [-0.4, -0.2) is 27.3 Å². The second-order valence-electron chi connectivity index (χ2n) is 4.82. The summed E-state index contributed by atoms with van der Waals surface area (Å²) >= 11 is 7.47. The molecule has 2 aromatic carbocycles. The number of aromatic nitrogens is 3. The van der Waals surface area contributed by atoms with Crippen LogP contribution in [0, 0.1) is 0 Å². The Bertz CT molecular complexity index is 836. The summed E-state index contributed by atoms with van der Waals surface area (Å²) in [6.45, 7) is 0.282. The monoisotopic (exact) mass is 358 g/mol. The Balaban J connectivity index is 1.80. The molecule has 0 N–H and O–H groups in total. The van der Waals surface area contributed by atoms with Gasteiger partial charge in [-0.3, -0.25) is 0 Å². The first kappa shape index (κ1) is 16.5. The van der Waals surface area contributed by atoms with Crippen molar-refractivity contribution in [3.05, 3.63) is 71.0 Å². The molecule has 0 saturated heterocycles. The molecule has 0 bridgehead atoms. The van der Waals surface area contributed by atoms with Crippen LogP contribution in [0.5, 0.6) is 5.75 Å². The van der Waals surface area contributed by atoms with Crippen LogP contribution in [-0.2, 0) is 6.61 Å². The quantitative estimate of drug-likeness (QED) is 0.491. The summed E-state index contributed by atoms with van der Waals surface area (Å²) < 4.78 is 7.41. The fraction of sp³-hybridized carbons (Fsp3) is 0.118. The molecule has 1 aromatic heterocycles. The molecule has 0 aliphatic heterocycles. The summed E-state index contributed by atoms with van der Waals surface area (Å²) in [6, 6.07) is 17.0. The van der Waals surface area contributed by atoms with Crippen molar-refractivity contribution in [2.75, 3.05) is 6.26 Å². The summed E-state index contributed by atoms with van der Waals surface area (Å²) in [7, 11) is 0. The van der Waals surface area contributed by atoms with Crippen LogP contribution in [0.2, 0.25) is 5.02 Å². The lowest BCUT2D eigenvalue weighted by molar-refractivity contribution is 0.290. The molecular formula is C17H15ClN4OS. The minimum atomic E-state index is 0.282. The van der Waals surface area contributed by atoms with Crippen molar-refractivity contribution >= 4 is 29.6 Å². The fourth-order valence-corrected chi connectivity index (χ4v) is 2.65. The van der Waals surface area contributed by atoms with E-state index in [2.05, 4.69) is 15.3 Å². The number of ether oxygens (including phenoxy) is 1. The lowest BCUT2D eigenvalue weighted by Crippen LogP contribution is -2.04. The molecule has 5 nitrogen and oxygen atoms in total. The highest BCUT2D eigenvalue weighted by Crippen LogP contribution is 2.16. The lowest BCUT2D eigenvalue weighted by atomic mass is 10.2. The molecular weight excluding hydrogens is 344 g/mol. The summed E-state index contributed by atoms with van der Waals surface area (Å²) in [6.07, 6.45) is 3.65. The molecule has 0 radical (unpaired) electrons. The van der Waals surface area contributed by atoms with E-state index in [4.69, 9.17) is 16.3 Å². The normalized spacial score (nSPS) is 11.1. The third-order valence-corrected chi connectivity index (χ3v) is 4.00. The Kier molecular flexibility index (Phi) is 5.51. The van der Waals surface area contributed by atoms with Crippen LogP contribution in [0.15, 0.2) is 64.9 Å². The van der Waals surface area contributed by atoms with Crippen molar-refractivity contribution in [3.8, 4) is 5.75 Å². The zero-order valence-electron chi connectivity index (χ0n) is 13.0. The number of nitrogens with zero attached hydrogens (tertiary/aromatic N) is 4. The molecule has 24 heavy (non-hydrogen) atoms. The third-order valence-electron chi connectivity index (χ3n) is 3.14. The van der Waals surface area contributed by atoms with E-state index in [1.165, 1.54) is 11.8 Å². The van der Waals surface area contributed by atoms with E-state index in [-0.39, 0.29) is 6.61 Å². The molecule has 0 atom stereocenters. The van der Waals surface area contributed by atoms with Crippen molar-refractivity contribution in [3.63, 3.8) is 0 Å². The van der Waals surface area contributed by atoms with Crippen molar-refractivity contribution in [2.24, 2.45) is 5.10 Å². The topological polar surface area (TPSA) is 52.3 Å². The summed E-state index contributed by atoms with van der Waals surface area (Å²) in [5.74, 6) is 1.40. The van der Waals surface area contributed by atoms with E-state index >= 15 is 0 Å². The van der Waals surface area contributed by atoms with Gasteiger partial charge in [0, 0.05) is 5.02 Å². The van der Waals surface area contributed by atoms with Crippen molar-refractivity contribution in [1.82, 2.24) is 14.9 Å². The van der Waals surface area contributed by atoms with E-state index in [1.807, 2.05) is 60.9 Å². The predicted molar refractivity (Wildman–Crippen MR) is 97.0 cm³/mol. The van der Waals surface area contributed by atoms with Crippen LogP contribution >= 0.6 is 23.4 Å². The van der Waals surface area contributed by atoms with Gasteiger partial charge in [-0.25, -0.2) is 0 Å². The maximum Gasteiger partial charge on any atom is 0.211 e. The van der Waals surface area contributed by atoms with Gasteiger partial charge < -0.3 is 4.74 Å². The zero-order valence-corrected chi connectivity index (χ0v) is 14.5. The summed E-state index contributed by atoms with van der Waals surface area (Å²) in [4.78, 5) is 0. The van der Waals surface area contributed by atoms with E-state index in [1.54, 1.807) is 10.9 Å². The third kappa shape index (κ3) is 4.15. The molecule has 0 aliphatic carbocycles. The molecule has 3 aromatic rings.